The maximum absolute atomic E-state index is 13.8. The van der Waals surface area contributed by atoms with Crippen LogP contribution in [0.25, 0.3) is 0 Å². The number of aryl methyl sites for hydroxylation is 1. The van der Waals surface area contributed by atoms with E-state index in [-0.39, 0.29) is 23.2 Å². The van der Waals surface area contributed by atoms with Crippen LogP contribution in [0.5, 0.6) is 0 Å². The number of amidine groups is 1. The summed E-state index contributed by atoms with van der Waals surface area (Å²) >= 11 is 0.992. The predicted molar refractivity (Wildman–Crippen MR) is 103 cm³/mol. The number of amides is 3. The molecule has 1 fully saturated rings. The van der Waals surface area contributed by atoms with Crippen LogP contribution < -0.4 is 10.6 Å². The van der Waals surface area contributed by atoms with Crippen LogP contribution in [0.4, 0.5) is 32.4 Å². The van der Waals surface area contributed by atoms with Crippen molar-refractivity contribution in [2.45, 2.75) is 20.1 Å². The van der Waals surface area contributed by atoms with Gasteiger partial charge in [0, 0.05) is 5.56 Å². The zero-order chi connectivity index (χ0) is 22.9. The number of hydrogen-bond acceptors (Lipinski definition) is 4. The van der Waals surface area contributed by atoms with Crippen LogP contribution in [-0.4, -0.2) is 22.9 Å². The fourth-order valence-corrected chi connectivity index (χ4v) is 3.69. The van der Waals surface area contributed by atoms with Crippen LogP contribution in [0.15, 0.2) is 23.2 Å². The van der Waals surface area contributed by atoms with E-state index in [1.807, 2.05) is 0 Å². The molecule has 0 saturated carbocycles. The van der Waals surface area contributed by atoms with Crippen molar-refractivity contribution in [3.8, 4) is 0 Å². The third-order valence-corrected chi connectivity index (χ3v) is 5.18. The summed E-state index contributed by atoms with van der Waals surface area (Å²) in [6.45, 7) is 0.485. The first-order valence-electron chi connectivity index (χ1n) is 8.63. The molecule has 0 aliphatic carbocycles. The van der Waals surface area contributed by atoms with Crippen molar-refractivity contribution in [3.63, 3.8) is 0 Å². The molecule has 6 nitrogen and oxygen atoms in total. The Balaban J connectivity index is 1.88. The Hall–Kier alpha value is -2.99. The summed E-state index contributed by atoms with van der Waals surface area (Å²) in [7, 11) is 0. The van der Waals surface area contributed by atoms with E-state index >= 15 is 0 Å². The van der Waals surface area contributed by atoms with Crippen molar-refractivity contribution >= 4 is 34.6 Å². The molecule has 3 rings (SSSR count). The summed E-state index contributed by atoms with van der Waals surface area (Å²) in [6, 6.07) is 3.82. The zero-order valence-electron chi connectivity index (χ0n) is 15.8. The van der Waals surface area contributed by atoms with E-state index in [0.29, 0.717) is 5.56 Å². The van der Waals surface area contributed by atoms with Gasteiger partial charge < -0.3 is 10.5 Å². The van der Waals surface area contributed by atoms with Crippen molar-refractivity contribution in [2.24, 2.45) is 10.7 Å². The van der Waals surface area contributed by atoms with Gasteiger partial charge in [0.2, 0.25) is 11.7 Å². The molecule has 31 heavy (non-hydrogen) atoms. The summed E-state index contributed by atoms with van der Waals surface area (Å²) in [5, 5.41) is 0.0455. The van der Waals surface area contributed by atoms with Crippen LogP contribution in [-0.2, 0) is 22.7 Å². The van der Waals surface area contributed by atoms with Gasteiger partial charge in [0.1, 0.15) is 0 Å². The number of hydrogen-bond donors (Lipinski definition) is 1. The number of carbonyl (C=O) groups excluding carboxylic acids is 2. The van der Waals surface area contributed by atoms with Gasteiger partial charge in [-0.05, 0) is 18.6 Å². The number of urea groups is 1. The quantitative estimate of drug-likeness (QED) is 0.417. The number of benzene rings is 2. The average molecular weight is 459 g/mol. The number of rotatable bonds is 5. The maximum atomic E-state index is 13.8. The minimum atomic E-state index is -2.26. The fourth-order valence-electron chi connectivity index (χ4n) is 2.82. The van der Waals surface area contributed by atoms with E-state index < -0.39 is 53.2 Å². The maximum Gasteiger partial charge on any atom is 0.340 e. The minimum Gasteiger partial charge on any atom is -0.372 e. The van der Waals surface area contributed by atoms with E-state index in [1.54, 1.807) is 25.1 Å². The van der Waals surface area contributed by atoms with Gasteiger partial charge in [0.05, 0.1) is 30.2 Å². The first kappa shape index (κ1) is 22.7. The smallest absolute Gasteiger partial charge is 0.340 e. The Morgan fingerprint density at radius 2 is 1.71 bits per heavy atom. The van der Waals surface area contributed by atoms with E-state index in [1.165, 1.54) is 0 Å². The standard InChI is InChI=1S/C19H14F5N3O3S/c1-8-2-3-9(11(4-8)27-12(28)7-31-19(27)26-18(25)29)5-30-6-10-13(20)15(22)17(24)16(23)14(10)21/h2-4H,5-7H2,1H3,(H2,25,29). The number of carbonyl (C=O) groups is 2. The van der Waals surface area contributed by atoms with E-state index in [0.717, 1.165) is 22.2 Å². The molecule has 12 heteroatoms. The van der Waals surface area contributed by atoms with Crippen LogP contribution in [0.1, 0.15) is 16.7 Å². The van der Waals surface area contributed by atoms with Crippen LogP contribution in [0.2, 0.25) is 0 Å². The van der Waals surface area contributed by atoms with Crippen molar-refractivity contribution in [3.05, 3.63) is 64.0 Å². The van der Waals surface area contributed by atoms with Crippen molar-refractivity contribution in [1.82, 2.24) is 0 Å². The molecule has 0 bridgehead atoms. The summed E-state index contributed by atoms with van der Waals surface area (Å²) in [6.07, 6.45) is 0. The first-order chi connectivity index (χ1) is 14.6. The number of halogens is 5. The van der Waals surface area contributed by atoms with E-state index in [9.17, 15) is 31.5 Å². The third-order valence-electron chi connectivity index (χ3n) is 4.26. The fraction of sp³-hybridized carbons (Fsp3) is 0.211. The minimum absolute atomic E-state index is 0.00487. The lowest BCUT2D eigenvalue weighted by molar-refractivity contribution is -0.115. The Morgan fingerprint density at radius 1 is 1.10 bits per heavy atom. The van der Waals surface area contributed by atoms with Crippen molar-refractivity contribution in [1.29, 1.82) is 0 Å². The Bertz CT molecular complexity index is 1080. The van der Waals surface area contributed by atoms with Gasteiger partial charge in [-0.3, -0.25) is 9.69 Å². The molecule has 1 saturated heterocycles. The van der Waals surface area contributed by atoms with Crippen LogP contribution >= 0.6 is 11.8 Å². The molecule has 0 atom stereocenters. The van der Waals surface area contributed by atoms with Gasteiger partial charge in [0.15, 0.2) is 28.4 Å². The van der Waals surface area contributed by atoms with Crippen LogP contribution in [0.3, 0.4) is 0 Å². The predicted octanol–water partition coefficient (Wildman–Crippen LogP) is 3.92. The molecule has 1 heterocycles. The van der Waals surface area contributed by atoms with E-state index in [2.05, 4.69) is 4.99 Å². The number of anilines is 1. The molecule has 2 N–H and O–H groups in total. The topological polar surface area (TPSA) is 85.0 Å². The summed E-state index contributed by atoms with van der Waals surface area (Å²) in [4.78, 5) is 28.2. The molecule has 0 aromatic heterocycles. The lowest BCUT2D eigenvalue weighted by Crippen LogP contribution is -2.31. The molecule has 3 amide bonds. The summed E-state index contributed by atoms with van der Waals surface area (Å²) in [5.41, 5.74) is 5.33. The molecule has 1 aliphatic heterocycles. The number of ether oxygens (including phenoxy) is 1. The van der Waals surface area contributed by atoms with Crippen LogP contribution in [0, 0.1) is 36.0 Å². The highest BCUT2D eigenvalue weighted by Gasteiger charge is 2.32. The number of thioether (sulfide) groups is 1. The largest absolute Gasteiger partial charge is 0.372 e. The molecule has 0 radical (unpaired) electrons. The second-order valence-corrected chi connectivity index (χ2v) is 7.37. The normalized spacial score (nSPS) is 15.2. The Morgan fingerprint density at radius 3 is 2.32 bits per heavy atom. The number of aliphatic imine (C=N–C) groups is 1. The summed E-state index contributed by atoms with van der Waals surface area (Å²) < 4.78 is 72.7. The van der Waals surface area contributed by atoms with Crippen molar-refractivity contribution < 1.29 is 36.3 Å². The number of nitrogens with two attached hydrogens (primary N) is 1. The monoisotopic (exact) mass is 459 g/mol. The third kappa shape index (κ3) is 4.54. The lowest BCUT2D eigenvalue weighted by atomic mass is 10.1. The van der Waals surface area contributed by atoms with Gasteiger partial charge in [-0.2, -0.15) is 4.99 Å². The molecular formula is C19H14F5N3O3S. The molecule has 1 aliphatic rings. The lowest BCUT2D eigenvalue weighted by Gasteiger charge is -2.20. The molecule has 2 aromatic carbocycles. The number of nitrogens with zero attached hydrogens (tertiary/aromatic N) is 2. The van der Waals surface area contributed by atoms with Gasteiger partial charge in [-0.1, -0.05) is 23.9 Å². The first-order valence-corrected chi connectivity index (χ1v) is 9.61. The Kier molecular flexibility index (Phi) is 6.60. The molecular weight excluding hydrogens is 445 g/mol. The molecule has 0 unspecified atom stereocenters. The SMILES string of the molecule is Cc1ccc(COCc2c(F)c(F)c(F)c(F)c2F)c(N2C(=O)CSC2=NC(N)=O)c1. The van der Waals surface area contributed by atoms with Crippen molar-refractivity contribution in [2.75, 3.05) is 10.7 Å². The van der Waals surface area contributed by atoms with E-state index in [4.69, 9.17) is 10.5 Å². The zero-order valence-corrected chi connectivity index (χ0v) is 16.7. The molecule has 0 spiro atoms. The second-order valence-electron chi connectivity index (χ2n) is 6.42. The van der Waals surface area contributed by atoms with Gasteiger partial charge >= 0.3 is 6.03 Å². The summed E-state index contributed by atoms with van der Waals surface area (Å²) in [5.74, 6) is -10.8. The highest BCUT2D eigenvalue weighted by atomic mass is 32.2. The Labute approximate surface area is 176 Å². The highest BCUT2D eigenvalue weighted by molar-refractivity contribution is 8.15. The average Bonchev–Trinajstić information content (AvgIpc) is 3.07. The molecule has 2 aromatic rings. The second kappa shape index (κ2) is 9.02. The van der Waals surface area contributed by atoms with Gasteiger partial charge in [-0.15, -0.1) is 0 Å². The molecule has 164 valence electrons. The van der Waals surface area contributed by atoms with Gasteiger partial charge in [0.25, 0.3) is 0 Å². The van der Waals surface area contributed by atoms with Gasteiger partial charge in [-0.25, -0.2) is 26.7 Å². The number of primary amides is 1. The highest BCUT2D eigenvalue weighted by Crippen LogP contribution is 2.31.